The summed E-state index contributed by atoms with van der Waals surface area (Å²) in [5, 5.41) is 10.7. The molecule has 1 unspecified atom stereocenters. The second-order valence-corrected chi connectivity index (χ2v) is 12.4. The maximum Gasteiger partial charge on any atom is 3.00 e. The van der Waals surface area contributed by atoms with E-state index in [1.54, 1.807) is 0 Å². The molecule has 0 nitrogen and oxygen atoms in total. The molecule has 0 aliphatic heterocycles. The minimum atomic E-state index is 0. The van der Waals surface area contributed by atoms with E-state index in [9.17, 15) is 0 Å². The fraction of sp³-hybridized carbons (Fsp3) is 0.146. The third-order valence-corrected chi connectivity index (χ3v) is 8.75. The van der Waals surface area contributed by atoms with Crippen LogP contribution in [0.25, 0.3) is 60.3 Å². The van der Waals surface area contributed by atoms with E-state index in [1.807, 2.05) is 0 Å². The smallest absolute Gasteiger partial charge is 1.00 e. The molecular formula is C41H35Cl2SiZr. The molecule has 4 heteroatoms. The first-order valence-electron chi connectivity index (χ1n) is 15.1. The Bertz CT molecular complexity index is 2120. The summed E-state index contributed by atoms with van der Waals surface area (Å²) in [5.41, 5.74) is 8.45. The Hall–Kier alpha value is -2.87. The van der Waals surface area contributed by atoms with Gasteiger partial charge in [0.1, 0.15) is 0 Å². The Morgan fingerprint density at radius 3 is 1.98 bits per heavy atom. The SMILES string of the molecule is CCCC1=Cc2c(-c3cc4ccccc4c4ccccc34)cccc2C1c1cccc2c1[cH-]c1ccccc12.C[Si]C.[Cl-].[Cl-].[Zr+3]. The summed E-state index contributed by atoms with van der Waals surface area (Å²) in [6.07, 6.45) is 4.77. The van der Waals surface area contributed by atoms with E-state index in [-0.39, 0.29) is 56.9 Å². The van der Waals surface area contributed by atoms with Crippen LogP contribution in [0.1, 0.15) is 42.4 Å². The molecule has 1 aliphatic rings. The molecule has 0 amide bonds. The van der Waals surface area contributed by atoms with Crippen LogP contribution in [0.5, 0.6) is 0 Å². The van der Waals surface area contributed by atoms with Crippen molar-refractivity contribution in [3.05, 3.63) is 144 Å². The average Bonchev–Trinajstić information content (AvgIpc) is 3.59. The zero-order valence-electron chi connectivity index (χ0n) is 25.9. The van der Waals surface area contributed by atoms with E-state index in [2.05, 4.69) is 147 Å². The van der Waals surface area contributed by atoms with Crippen molar-refractivity contribution >= 4 is 58.7 Å². The van der Waals surface area contributed by atoms with Gasteiger partial charge in [-0.15, -0.1) is 33.7 Å². The molecule has 3 radical (unpaired) electrons. The summed E-state index contributed by atoms with van der Waals surface area (Å²) >= 11 is 0. The van der Waals surface area contributed by atoms with Gasteiger partial charge in [-0.05, 0) is 56.3 Å². The molecule has 0 heterocycles. The molecule has 0 saturated carbocycles. The van der Waals surface area contributed by atoms with Crippen LogP contribution in [0.3, 0.4) is 0 Å². The summed E-state index contributed by atoms with van der Waals surface area (Å²) in [4.78, 5) is 0. The van der Waals surface area contributed by atoms with Crippen LogP contribution in [0.2, 0.25) is 13.1 Å². The Kier molecular flexibility index (Phi) is 11.8. The molecule has 221 valence electrons. The maximum absolute atomic E-state index is 2.52. The molecule has 0 aromatic heterocycles. The van der Waals surface area contributed by atoms with E-state index in [0.717, 1.165) is 22.4 Å². The first-order chi connectivity index (χ1) is 20.7. The van der Waals surface area contributed by atoms with Gasteiger partial charge < -0.3 is 24.8 Å². The van der Waals surface area contributed by atoms with Gasteiger partial charge in [-0.25, -0.2) is 0 Å². The zero-order valence-corrected chi connectivity index (χ0v) is 30.8. The zero-order chi connectivity index (χ0) is 28.6. The molecule has 7 aromatic rings. The maximum atomic E-state index is 2.52. The number of hydrogen-bond donors (Lipinski definition) is 0. The molecular weight excluding hydrogens is 683 g/mol. The average molecular weight is 718 g/mol. The van der Waals surface area contributed by atoms with Crippen LogP contribution < -0.4 is 24.8 Å². The Labute approximate surface area is 301 Å². The minimum absolute atomic E-state index is 0. The van der Waals surface area contributed by atoms with Gasteiger partial charge in [0.15, 0.2) is 0 Å². The summed E-state index contributed by atoms with van der Waals surface area (Å²) < 4.78 is 0. The van der Waals surface area contributed by atoms with Gasteiger partial charge in [-0.2, -0.15) is 0 Å². The van der Waals surface area contributed by atoms with Gasteiger partial charge in [0, 0.05) is 15.4 Å². The normalized spacial score (nSPS) is 13.3. The molecule has 8 rings (SSSR count). The van der Waals surface area contributed by atoms with Crippen molar-refractivity contribution in [2.45, 2.75) is 38.8 Å². The molecule has 7 aromatic carbocycles. The van der Waals surface area contributed by atoms with Gasteiger partial charge in [-0.1, -0.05) is 147 Å². The second-order valence-electron chi connectivity index (χ2n) is 11.4. The summed E-state index contributed by atoms with van der Waals surface area (Å²) in [7, 11) is 1.08. The number of benzene rings is 6. The molecule has 0 bridgehead atoms. The molecule has 0 saturated heterocycles. The van der Waals surface area contributed by atoms with Crippen molar-refractivity contribution in [3.8, 4) is 11.1 Å². The van der Waals surface area contributed by atoms with Crippen LogP contribution in [0, 0.1) is 0 Å². The van der Waals surface area contributed by atoms with Crippen molar-refractivity contribution in [1.29, 1.82) is 0 Å². The van der Waals surface area contributed by atoms with Crippen LogP contribution in [0.4, 0.5) is 0 Å². The Morgan fingerprint density at radius 1 is 0.622 bits per heavy atom. The molecule has 0 spiro atoms. The Balaban J connectivity index is 0.000000741. The molecule has 0 N–H and O–H groups in total. The monoisotopic (exact) mass is 715 g/mol. The number of hydrogen-bond acceptors (Lipinski definition) is 0. The van der Waals surface area contributed by atoms with Crippen molar-refractivity contribution < 1.29 is 51.0 Å². The summed E-state index contributed by atoms with van der Waals surface area (Å²) in [6.45, 7) is 6.61. The van der Waals surface area contributed by atoms with Crippen molar-refractivity contribution in [1.82, 2.24) is 0 Å². The minimum Gasteiger partial charge on any atom is -1.00 e. The molecule has 1 aliphatic carbocycles. The van der Waals surface area contributed by atoms with E-state index < -0.39 is 0 Å². The second kappa shape index (κ2) is 15.1. The van der Waals surface area contributed by atoms with Crippen molar-refractivity contribution in [2.24, 2.45) is 0 Å². The van der Waals surface area contributed by atoms with E-state index in [1.165, 1.54) is 76.5 Å². The van der Waals surface area contributed by atoms with Crippen LogP contribution >= 0.6 is 0 Å². The van der Waals surface area contributed by atoms with Crippen LogP contribution in [-0.2, 0) is 26.2 Å². The van der Waals surface area contributed by atoms with Gasteiger partial charge in [-0.3, -0.25) is 0 Å². The standard InChI is InChI=1S/C39H29.C2H6Si.2ClH.Zr/c1-2-11-27-24-38-33(36-22-25-12-3-5-14-28(25)30-16-7-8-17-32(30)36)19-10-21-35(38)39(27)34-20-9-18-31-29-15-6-4-13-26(29)23-37(31)34;1-3-2;;;/h3-10,12-24,39H,2,11H2,1H3;1-2H3;2*1H;/q-1;;;;+3/p-2. The van der Waals surface area contributed by atoms with Gasteiger partial charge in [0.25, 0.3) is 0 Å². The first-order valence-corrected chi connectivity index (χ1v) is 17.1. The van der Waals surface area contributed by atoms with E-state index >= 15 is 0 Å². The third kappa shape index (κ3) is 6.16. The fourth-order valence-corrected chi connectivity index (χ4v) is 7.10. The predicted octanol–water partition coefficient (Wildman–Crippen LogP) is 5.81. The molecule has 1 atom stereocenters. The number of allylic oxidation sites excluding steroid dienone is 1. The predicted molar refractivity (Wildman–Crippen MR) is 186 cm³/mol. The quantitative estimate of drug-likeness (QED) is 0.123. The number of rotatable bonds is 4. The van der Waals surface area contributed by atoms with E-state index in [0.29, 0.717) is 0 Å². The van der Waals surface area contributed by atoms with Crippen molar-refractivity contribution in [2.75, 3.05) is 0 Å². The summed E-state index contributed by atoms with van der Waals surface area (Å²) in [5.74, 6) is 0.284. The van der Waals surface area contributed by atoms with Crippen LogP contribution in [0.15, 0.2) is 127 Å². The topological polar surface area (TPSA) is 0 Å². The van der Waals surface area contributed by atoms with Crippen molar-refractivity contribution in [3.63, 3.8) is 0 Å². The third-order valence-electron chi connectivity index (χ3n) is 8.75. The van der Waals surface area contributed by atoms with Gasteiger partial charge in [0.2, 0.25) is 0 Å². The number of fused-ring (bicyclic) bond motifs is 7. The summed E-state index contributed by atoms with van der Waals surface area (Å²) in [6, 6.07) is 45.2. The van der Waals surface area contributed by atoms with Gasteiger partial charge in [0.05, 0.1) is 0 Å². The molecule has 45 heavy (non-hydrogen) atoms. The first kappa shape index (κ1) is 35.0. The van der Waals surface area contributed by atoms with Gasteiger partial charge >= 0.3 is 26.2 Å². The number of halogens is 2. The Morgan fingerprint density at radius 2 is 1.22 bits per heavy atom. The molecule has 0 fully saturated rings. The van der Waals surface area contributed by atoms with Crippen LogP contribution in [-0.4, -0.2) is 9.52 Å². The van der Waals surface area contributed by atoms with E-state index in [4.69, 9.17) is 0 Å². The fourth-order valence-electron chi connectivity index (χ4n) is 7.10. The largest absolute Gasteiger partial charge is 3.00 e.